The lowest BCUT2D eigenvalue weighted by molar-refractivity contribution is 0.198. The van der Waals surface area contributed by atoms with Crippen molar-refractivity contribution in [3.05, 3.63) is 0 Å². The predicted molar refractivity (Wildman–Crippen MR) is 66.3 cm³/mol. The third-order valence-electron chi connectivity index (χ3n) is 3.78. The Hall–Kier alpha value is -0.170. The van der Waals surface area contributed by atoms with E-state index in [4.69, 9.17) is 4.74 Å². The molecule has 0 amide bonds. The highest BCUT2D eigenvalue weighted by atomic mass is 32.2. The average Bonchev–Trinajstić information content (AvgIpc) is 2.88. The Morgan fingerprint density at radius 2 is 2.18 bits per heavy atom. The van der Waals surface area contributed by atoms with E-state index in [-0.39, 0.29) is 11.3 Å². The lowest BCUT2D eigenvalue weighted by Gasteiger charge is -2.19. The molecule has 2 heterocycles. The van der Waals surface area contributed by atoms with Gasteiger partial charge in [0, 0.05) is 25.7 Å². The van der Waals surface area contributed by atoms with E-state index in [0.717, 1.165) is 19.6 Å². The summed E-state index contributed by atoms with van der Waals surface area (Å²) in [5.74, 6) is 0.382. The van der Waals surface area contributed by atoms with Crippen LogP contribution < -0.4 is 4.72 Å². The molecule has 1 N–H and O–H groups in total. The maximum atomic E-state index is 12.1. The van der Waals surface area contributed by atoms with E-state index in [1.807, 2.05) is 0 Å². The predicted octanol–water partition coefficient (Wildman–Crippen LogP) is 0.0349. The van der Waals surface area contributed by atoms with Crippen molar-refractivity contribution in [2.45, 2.75) is 31.6 Å². The molecule has 17 heavy (non-hydrogen) atoms. The van der Waals surface area contributed by atoms with Crippen LogP contribution in [0.3, 0.4) is 0 Å². The molecule has 2 fully saturated rings. The van der Waals surface area contributed by atoms with Crippen LogP contribution in [0.5, 0.6) is 0 Å². The fraction of sp³-hybridized carbons (Fsp3) is 1.00. The Labute approximate surface area is 104 Å². The van der Waals surface area contributed by atoms with Crippen LogP contribution in [0.2, 0.25) is 0 Å². The molecule has 2 aliphatic heterocycles. The van der Waals surface area contributed by atoms with Gasteiger partial charge in [0.25, 0.3) is 0 Å². The molecule has 0 aromatic heterocycles. The van der Waals surface area contributed by atoms with Crippen molar-refractivity contribution >= 4 is 10.0 Å². The van der Waals surface area contributed by atoms with Crippen LogP contribution in [0.25, 0.3) is 0 Å². The summed E-state index contributed by atoms with van der Waals surface area (Å²) >= 11 is 0. The van der Waals surface area contributed by atoms with Gasteiger partial charge in [-0.05, 0) is 18.9 Å². The van der Waals surface area contributed by atoms with Crippen LogP contribution in [-0.4, -0.2) is 57.5 Å². The Morgan fingerprint density at radius 3 is 2.71 bits per heavy atom. The summed E-state index contributed by atoms with van der Waals surface area (Å²) in [4.78, 5) is 2.28. The van der Waals surface area contributed by atoms with Crippen molar-refractivity contribution in [2.75, 3.05) is 32.8 Å². The lowest BCUT2D eigenvalue weighted by Crippen LogP contribution is -2.44. The van der Waals surface area contributed by atoms with Gasteiger partial charge in [-0.15, -0.1) is 0 Å². The van der Waals surface area contributed by atoms with E-state index in [0.29, 0.717) is 25.6 Å². The van der Waals surface area contributed by atoms with Crippen LogP contribution in [0.4, 0.5) is 0 Å². The van der Waals surface area contributed by atoms with Gasteiger partial charge in [0.15, 0.2) is 0 Å². The number of hydrogen-bond acceptors (Lipinski definition) is 4. The summed E-state index contributed by atoms with van der Waals surface area (Å²) < 4.78 is 32.2. The average molecular weight is 262 g/mol. The number of nitrogens with one attached hydrogen (secondary N) is 1. The second-order valence-electron chi connectivity index (χ2n) is 5.08. The third kappa shape index (κ3) is 2.99. The number of likely N-dealkylation sites (tertiary alicyclic amines) is 1. The molecule has 5 nitrogen and oxygen atoms in total. The highest BCUT2D eigenvalue weighted by Crippen LogP contribution is 2.19. The minimum atomic E-state index is -3.21. The Balaban J connectivity index is 1.96. The normalized spacial score (nSPS) is 35.5. The molecule has 0 saturated carbocycles. The van der Waals surface area contributed by atoms with Gasteiger partial charge in [-0.2, -0.15) is 0 Å². The molecule has 0 aliphatic carbocycles. The maximum Gasteiger partial charge on any atom is 0.217 e. The summed E-state index contributed by atoms with van der Waals surface area (Å²) in [7, 11) is -3.21. The SMILES string of the molecule is CCN1C[C@H](C)[C@H](NS(=O)(=O)[C@@H]2CCOC2)C1. The van der Waals surface area contributed by atoms with Crippen LogP contribution in [0.1, 0.15) is 20.3 Å². The van der Waals surface area contributed by atoms with Crippen molar-refractivity contribution in [1.82, 2.24) is 9.62 Å². The molecule has 3 atom stereocenters. The Morgan fingerprint density at radius 1 is 1.41 bits per heavy atom. The van der Waals surface area contributed by atoms with Crippen LogP contribution in [-0.2, 0) is 14.8 Å². The molecule has 0 spiro atoms. The molecule has 2 rings (SSSR count). The summed E-state index contributed by atoms with van der Waals surface area (Å²) in [5, 5.41) is -0.356. The number of ether oxygens (including phenoxy) is 1. The summed E-state index contributed by atoms with van der Waals surface area (Å²) in [6.45, 7) is 7.90. The first-order chi connectivity index (χ1) is 8.03. The molecule has 6 heteroatoms. The van der Waals surface area contributed by atoms with E-state index >= 15 is 0 Å². The monoisotopic (exact) mass is 262 g/mol. The highest BCUT2D eigenvalue weighted by molar-refractivity contribution is 7.90. The van der Waals surface area contributed by atoms with Gasteiger partial charge < -0.3 is 9.64 Å². The van der Waals surface area contributed by atoms with Gasteiger partial charge in [0.1, 0.15) is 5.25 Å². The number of hydrogen-bond donors (Lipinski definition) is 1. The van der Waals surface area contributed by atoms with E-state index in [2.05, 4.69) is 23.5 Å². The standard InChI is InChI=1S/C11H22N2O3S/c1-3-13-6-9(2)11(7-13)12-17(14,15)10-4-5-16-8-10/h9-12H,3-8H2,1-2H3/t9-,10+,11+/m0/s1. The second-order valence-corrected chi connectivity index (χ2v) is 7.08. The van der Waals surface area contributed by atoms with Crippen molar-refractivity contribution in [3.8, 4) is 0 Å². The fourth-order valence-corrected chi connectivity index (χ4v) is 4.15. The van der Waals surface area contributed by atoms with Gasteiger partial charge in [-0.1, -0.05) is 13.8 Å². The maximum absolute atomic E-state index is 12.1. The molecule has 0 bridgehead atoms. The molecule has 2 saturated heterocycles. The smallest absolute Gasteiger partial charge is 0.217 e. The van der Waals surface area contributed by atoms with E-state index in [1.165, 1.54) is 0 Å². The molecular weight excluding hydrogens is 240 g/mol. The first-order valence-corrected chi connectivity index (χ1v) is 7.88. The quantitative estimate of drug-likeness (QED) is 0.777. The van der Waals surface area contributed by atoms with Gasteiger partial charge in [-0.25, -0.2) is 13.1 Å². The Bertz CT molecular complexity index is 352. The number of sulfonamides is 1. The molecule has 0 aromatic carbocycles. The number of likely N-dealkylation sites (N-methyl/N-ethyl adjacent to an activating group) is 1. The second kappa shape index (κ2) is 5.22. The van der Waals surface area contributed by atoms with Crippen LogP contribution in [0.15, 0.2) is 0 Å². The van der Waals surface area contributed by atoms with Gasteiger partial charge in [-0.3, -0.25) is 0 Å². The minimum absolute atomic E-state index is 0.0561. The van der Waals surface area contributed by atoms with Gasteiger partial charge in [0.05, 0.1) is 6.61 Å². The van der Waals surface area contributed by atoms with E-state index < -0.39 is 10.0 Å². The zero-order chi connectivity index (χ0) is 12.5. The largest absolute Gasteiger partial charge is 0.380 e. The van der Waals surface area contributed by atoms with E-state index in [9.17, 15) is 8.42 Å². The van der Waals surface area contributed by atoms with Gasteiger partial charge >= 0.3 is 0 Å². The highest BCUT2D eigenvalue weighted by Gasteiger charge is 2.36. The zero-order valence-corrected chi connectivity index (χ0v) is 11.4. The topological polar surface area (TPSA) is 58.6 Å². The molecule has 0 unspecified atom stereocenters. The molecule has 0 aromatic rings. The summed E-state index contributed by atoms with van der Waals surface area (Å²) in [6, 6.07) is 0.0561. The minimum Gasteiger partial charge on any atom is -0.380 e. The van der Waals surface area contributed by atoms with Crippen molar-refractivity contribution in [3.63, 3.8) is 0 Å². The third-order valence-corrected chi connectivity index (χ3v) is 5.66. The zero-order valence-electron chi connectivity index (χ0n) is 10.6. The first kappa shape index (κ1) is 13.3. The summed E-state index contributed by atoms with van der Waals surface area (Å²) in [6.07, 6.45) is 0.619. The van der Waals surface area contributed by atoms with Crippen molar-refractivity contribution in [2.24, 2.45) is 5.92 Å². The fourth-order valence-electron chi connectivity index (χ4n) is 2.54. The molecule has 2 aliphatic rings. The van der Waals surface area contributed by atoms with E-state index in [1.54, 1.807) is 0 Å². The first-order valence-electron chi connectivity index (χ1n) is 6.34. The number of nitrogens with zero attached hydrogens (tertiary/aromatic N) is 1. The van der Waals surface area contributed by atoms with Gasteiger partial charge in [0.2, 0.25) is 10.0 Å². The molecule has 0 radical (unpaired) electrons. The van der Waals surface area contributed by atoms with Crippen LogP contribution in [0, 0.1) is 5.92 Å². The lowest BCUT2D eigenvalue weighted by atomic mass is 10.1. The van der Waals surface area contributed by atoms with Crippen LogP contribution >= 0.6 is 0 Å². The molecule has 100 valence electrons. The Kier molecular flexibility index (Phi) is 4.07. The molecular formula is C11H22N2O3S. The number of rotatable bonds is 4. The summed E-state index contributed by atoms with van der Waals surface area (Å²) in [5.41, 5.74) is 0. The van der Waals surface area contributed by atoms with Crippen molar-refractivity contribution in [1.29, 1.82) is 0 Å². The van der Waals surface area contributed by atoms with Crippen molar-refractivity contribution < 1.29 is 13.2 Å².